The molecule has 2 N–H and O–H groups in total. The molecule has 2 aromatic carbocycles. The molecule has 0 fully saturated rings. The van der Waals surface area contributed by atoms with Crippen LogP contribution in [0.4, 0.5) is 10.5 Å². The molecule has 0 unspecified atom stereocenters. The standard InChI is InChI=1S/C21H24N2O5/c1-27-18-12-8-16(9-13-18)19(24)4-3-5-20(25)22-14-15-6-10-17(11-7-15)23-21(26)28-2/h6-13H,3-5,14H2,1-2H3,(H,22,25)(H,23,26). The number of amides is 2. The predicted molar refractivity (Wildman–Crippen MR) is 105 cm³/mol. The Labute approximate surface area is 164 Å². The van der Waals surface area contributed by atoms with Crippen molar-refractivity contribution < 1.29 is 23.9 Å². The Hall–Kier alpha value is -3.35. The van der Waals surface area contributed by atoms with Crippen LogP contribution in [0.1, 0.15) is 35.2 Å². The second kappa shape index (κ2) is 10.7. The molecule has 0 saturated carbocycles. The number of carbonyl (C=O) groups is 3. The summed E-state index contributed by atoms with van der Waals surface area (Å²) >= 11 is 0. The smallest absolute Gasteiger partial charge is 0.411 e. The highest BCUT2D eigenvalue weighted by Crippen LogP contribution is 2.14. The van der Waals surface area contributed by atoms with Crippen LogP contribution in [-0.2, 0) is 16.1 Å². The van der Waals surface area contributed by atoms with Gasteiger partial charge in [-0.2, -0.15) is 0 Å². The van der Waals surface area contributed by atoms with Crippen LogP contribution < -0.4 is 15.4 Å². The number of hydrogen-bond acceptors (Lipinski definition) is 5. The highest BCUT2D eigenvalue weighted by molar-refractivity contribution is 5.96. The van der Waals surface area contributed by atoms with E-state index in [1.165, 1.54) is 7.11 Å². The van der Waals surface area contributed by atoms with Crippen molar-refractivity contribution in [3.8, 4) is 5.75 Å². The monoisotopic (exact) mass is 384 g/mol. The fourth-order valence-corrected chi connectivity index (χ4v) is 2.49. The van der Waals surface area contributed by atoms with Crippen LogP contribution in [0, 0.1) is 0 Å². The van der Waals surface area contributed by atoms with Gasteiger partial charge in [0.25, 0.3) is 0 Å². The second-order valence-corrected chi connectivity index (χ2v) is 6.10. The summed E-state index contributed by atoms with van der Waals surface area (Å²) in [6, 6.07) is 14.0. The first kappa shape index (κ1) is 21.0. The highest BCUT2D eigenvalue weighted by Gasteiger charge is 2.08. The van der Waals surface area contributed by atoms with Crippen molar-refractivity contribution in [1.82, 2.24) is 5.32 Å². The van der Waals surface area contributed by atoms with Gasteiger partial charge in [0.2, 0.25) is 5.91 Å². The minimum absolute atomic E-state index is 0.00384. The van der Waals surface area contributed by atoms with Crippen LogP contribution in [0.25, 0.3) is 0 Å². The van der Waals surface area contributed by atoms with Crippen LogP contribution in [0.2, 0.25) is 0 Å². The molecule has 28 heavy (non-hydrogen) atoms. The summed E-state index contributed by atoms with van der Waals surface area (Å²) in [5.41, 5.74) is 2.12. The van der Waals surface area contributed by atoms with Gasteiger partial charge in [0.1, 0.15) is 5.75 Å². The van der Waals surface area contributed by atoms with Gasteiger partial charge in [-0.15, -0.1) is 0 Å². The lowest BCUT2D eigenvalue weighted by atomic mass is 10.1. The molecule has 0 aliphatic carbocycles. The Morgan fingerprint density at radius 2 is 1.57 bits per heavy atom. The van der Waals surface area contributed by atoms with Gasteiger partial charge in [0.05, 0.1) is 14.2 Å². The van der Waals surface area contributed by atoms with Crippen LogP contribution >= 0.6 is 0 Å². The quantitative estimate of drug-likeness (QED) is 0.645. The Kier molecular flexibility index (Phi) is 8.02. The fraction of sp³-hybridized carbons (Fsp3) is 0.286. The van der Waals surface area contributed by atoms with Gasteiger partial charge in [0.15, 0.2) is 5.78 Å². The van der Waals surface area contributed by atoms with Crippen molar-refractivity contribution in [2.45, 2.75) is 25.8 Å². The molecular weight excluding hydrogens is 360 g/mol. The Bertz CT molecular complexity index is 801. The summed E-state index contributed by atoms with van der Waals surface area (Å²) in [5, 5.41) is 5.37. The van der Waals surface area contributed by atoms with Crippen molar-refractivity contribution in [3.05, 3.63) is 59.7 Å². The minimum Gasteiger partial charge on any atom is -0.497 e. The Morgan fingerprint density at radius 1 is 0.893 bits per heavy atom. The average molecular weight is 384 g/mol. The maximum Gasteiger partial charge on any atom is 0.411 e. The number of ether oxygens (including phenoxy) is 2. The number of carbonyl (C=O) groups excluding carboxylic acids is 3. The SMILES string of the molecule is COC(=O)Nc1ccc(CNC(=O)CCCC(=O)c2ccc(OC)cc2)cc1. The predicted octanol–water partition coefficient (Wildman–Crippen LogP) is 3.54. The zero-order valence-electron chi connectivity index (χ0n) is 16.0. The molecule has 0 aliphatic heterocycles. The molecule has 148 valence electrons. The van der Waals surface area contributed by atoms with E-state index in [1.54, 1.807) is 55.6 Å². The maximum atomic E-state index is 12.1. The minimum atomic E-state index is -0.537. The number of benzene rings is 2. The van der Waals surface area contributed by atoms with Crippen LogP contribution in [0.3, 0.4) is 0 Å². The third-order valence-electron chi connectivity index (χ3n) is 4.10. The zero-order valence-corrected chi connectivity index (χ0v) is 16.0. The van der Waals surface area contributed by atoms with Gasteiger partial charge < -0.3 is 14.8 Å². The van der Waals surface area contributed by atoms with Crippen LogP contribution in [0.15, 0.2) is 48.5 Å². The maximum absolute atomic E-state index is 12.1. The van der Waals surface area contributed by atoms with E-state index in [2.05, 4.69) is 15.4 Å². The van der Waals surface area contributed by atoms with Crippen LogP contribution in [-0.4, -0.2) is 32.0 Å². The van der Waals surface area contributed by atoms with Gasteiger partial charge in [-0.1, -0.05) is 12.1 Å². The highest BCUT2D eigenvalue weighted by atomic mass is 16.5. The summed E-state index contributed by atoms with van der Waals surface area (Å²) in [5.74, 6) is 0.591. The first-order valence-corrected chi connectivity index (χ1v) is 8.89. The first-order valence-electron chi connectivity index (χ1n) is 8.89. The van der Waals surface area contributed by atoms with Crippen molar-refractivity contribution in [3.63, 3.8) is 0 Å². The third kappa shape index (κ3) is 6.75. The lowest BCUT2D eigenvalue weighted by Crippen LogP contribution is -2.22. The van der Waals surface area contributed by atoms with Crippen molar-refractivity contribution >= 4 is 23.5 Å². The van der Waals surface area contributed by atoms with E-state index in [4.69, 9.17) is 4.74 Å². The number of ketones is 1. The van der Waals surface area contributed by atoms with Crippen LogP contribution in [0.5, 0.6) is 5.75 Å². The summed E-state index contributed by atoms with van der Waals surface area (Å²) in [7, 11) is 2.87. The molecule has 0 atom stereocenters. The molecule has 0 radical (unpaired) electrons. The van der Waals surface area contributed by atoms with Crippen molar-refractivity contribution in [1.29, 1.82) is 0 Å². The van der Waals surface area contributed by atoms with E-state index >= 15 is 0 Å². The number of anilines is 1. The normalized spacial score (nSPS) is 10.1. The Morgan fingerprint density at radius 3 is 2.18 bits per heavy atom. The number of nitrogens with one attached hydrogen (secondary N) is 2. The van der Waals surface area contributed by atoms with Gasteiger partial charge in [0, 0.05) is 30.6 Å². The van der Waals surface area contributed by atoms with E-state index in [0.29, 0.717) is 36.4 Å². The molecule has 2 rings (SSSR count). The topological polar surface area (TPSA) is 93.7 Å². The lowest BCUT2D eigenvalue weighted by molar-refractivity contribution is -0.121. The van der Waals surface area contributed by atoms with Crippen molar-refractivity contribution in [2.24, 2.45) is 0 Å². The molecule has 0 bridgehead atoms. The molecular formula is C21H24N2O5. The molecule has 0 heterocycles. The largest absolute Gasteiger partial charge is 0.497 e. The molecule has 2 amide bonds. The molecule has 0 spiro atoms. The van der Waals surface area contributed by atoms with E-state index < -0.39 is 6.09 Å². The van der Waals surface area contributed by atoms with E-state index in [9.17, 15) is 14.4 Å². The summed E-state index contributed by atoms with van der Waals surface area (Å²) in [6.45, 7) is 0.379. The second-order valence-electron chi connectivity index (χ2n) is 6.10. The Balaban J connectivity index is 1.69. The molecule has 0 aliphatic rings. The third-order valence-corrected chi connectivity index (χ3v) is 4.10. The summed E-state index contributed by atoms with van der Waals surface area (Å²) in [6.07, 6.45) is 0.543. The number of hydrogen-bond donors (Lipinski definition) is 2. The molecule has 0 saturated heterocycles. The summed E-state index contributed by atoms with van der Waals surface area (Å²) < 4.78 is 9.58. The van der Waals surface area contributed by atoms with E-state index in [-0.39, 0.29) is 18.1 Å². The van der Waals surface area contributed by atoms with E-state index in [1.807, 2.05) is 0 Å². The van der Waals surface area contributed by atoms with Gasteiger partial charge >= 0.3 is 6.09 Å². The van der Waals surface area contributed by atoms with Gasteiger partial charge in [-0.25, -0.2) is 4.79 Å². The average Bonchev–Trinajstić information content (AvgIpc) is 2.73. The van der Waals surface area contributed by atoms with E-state index in [0.717, 1.165) is 5.56 Å². The molecule has 2 aromatic rings. The molecule has 7 nitrogen and oxygen atoms in total. The zero-order chi connectivity index (χ0) is 20.4. The fourth-order valence-electron chi connectivity index (χ4n) is 2.49. The number of rotatable bonds is 9. The van der Waals surface area contributed by atoms with Crippen molar-refractivity contribution in [2.75, 3.05) is 19.5 Å². The van der Waals surface area contributed by atoms with Gasteiger partial charge in [-0.05, 0) is 48.4 Å². The number of methoxy groups -OCH3 is 2. The first-order chi connectivity index (χ1) is 13.5. The molecule has 0 aromatic heterocycles. The molecule has 7 heteroatoms. The van der Waals surface area contributed by atoms with Gasteiger partial charge in [-0.3, -0.25) is 14.9 Å². The number of Topliss-reactive ketones (excluding diaryl/α,β-unsaturated/α-hetero) is 1. The lowest BCUT2D eigenvalue weighted by Gasteiger charge is -2.07. The summed E-state index contributed by atoms with van der Waals surface area (Å²) in [4.78, 5) is 35.2.